The van der Waals surface area contributed by atoms with Crippen molar-refractivity contribution in [3.05, 3.63) is 131 Å². The van der Waals surface area contributed by atoms with Crippen LogP contribution < -0.4 is 5.32 Å². The van der Waals surface area contributed by atoms with E-state index in [1.54, 1.807) is 80.6 Å². The number of Topliss-reactive ketones (excluding diaryl/α,β-unsaturated/α-hetero) is 1. The fraction of sp³-hybridized carbons (Fsp3) is 0.412. The second kappa shape index (κ2) is 17.2. The van der Waals surface area contributed by atoms with Gasteiger partial charge in [-0.05, 0) is 71.7 Å². The van der Waals surface area contributed by atoms with Gasteiger partial charge in [-0.1, -0.05) is 86.6 Å². The predicted octanol–water partition coefficient (Wildman–Crippen LogP) is 4.89. The number of ether oxygens (including phenoxy) is 5. The number of carbonyl (C=O) groups is 6. The molecule has 4 aromatic carbocycles. The second-order valence-electron chi connectivity index (χ2n) is 18.5. The zero-order chi connectivity index (χ0) is 47.5. The molecule has 1 heterocycles. The average Bonchev–Trinajstić information content (AvgIpc) is 3.29. The molecule has 0 aromatic heterocycles. The van der Waals surface area contributed by atoms with Gasteiger partial charge in [0.25, 0.3) is 5.91 Å². The van der Waals surface area contributed by atoms with Crippen molar-refractivity contribution in [2.24, 2.45) is 16.7 Å². The van der Waals surface area contributed by atoms with E-state index in [2.05, 4.69) is 5.32 Å². The van der Waals surface area contributed by atoms with Gasteiger partial charge in [-0.25, -0.2) is 9.59 Å². The largest absolute Gasteiger partial charge is 0.456 e. The van der Waals surface area contributed by atoms with Crippen molar-refractivity contribution < 1.29 is 67.8 Å². The average molecular weight is 904 g/mol. The highest BCUT2D eigenvalue weighted by Gasteiger charge is 2.78. The van der Waals surface area contributed by atoms with Crippen molar-refractivity contribution >= 4 is 46.3 Å². The molecule has 4 N–H and O–H groups in total. The fourth-order valence-corrected chi connectivity index (χ4v) is 10.9. The van der Waals surface area contributed by atoms with Gasteiger partial charge in [0.1, 0.15) is 23.9 Å². The fourth-order valence-electron chi connectivity index (χ4n) is 10.9. The summed E-state index contributed by atoms with van der Waals surface area (Å²) < 4.78 is 30.5. The lowest BCUT2D eigenvalue weighted by atomic mass is 9.44. The van der Waals surface area contributed by atoms with Crippen LogP contribution in [0.25, 0.3) is 10.8 Å². The van der Waals surface area contributed by atoms with E-state index in [1.807, 2.05) is 24.3 Å². The third-order valence-corrected chi connectivity index (χ3v) is 14.5. The monoisotopic (exact) mass is 903 g/mol. The van der Waals surface area contributed by atoms with E-state index < -0.39 is 113 Å². The predicted molar refractivity (Wildman–Crippen MR) is 235 cm³/mol. The van der Waals surface area contributed by atoms with E-state index in [4.69, 9.17) is 23.7 Å². The Morgan fingerprint density at radius 1 is 0.803 bits per heavy atom. The summed E-state index contributed by atoms with van der Waals surface area (Å²) in [6.45, 7) is 7.99. The van der Waals surface area contributed by atoms with Crippen LogP contribution >= 0.6 is 0 Å². The molecule has 15 nitrogen and oxygen atoms in total. The highest BCUT2D eigenvalue weighted by Crippen LogP contribution is 2.64. The molecule has 2 saturated carbocycles. The number of rotatable bonds is 10. The van der Waals surface area contributed by atoms with Gasteiger partial charge in [0.2, 0.25) is 0 Å². The summed E-state index contributed by atoms with van der Waals surface area (Å²) >= 11 is 0. The molecule has 1 saturated heterocycles. The quantitative estimate of drug-likeness (QED) is 0.0947. The number of fused-ring (bicyclic) bond motifs is 6. The molecule has 3 fully saturated rings. The minimum atomic E-state index is -2.41. The molecule has 8 rings (SSSR count). The van der Waals surface area contributed by atoms with E-state index in [0.29, 0.717) is 5.56 Å². The highest BCUT2D eigenvalue weighted by atomic mass is 16.6. The van der Waals surface area contributed by atoms with Crippen LogP contribution in [-0.4, -0.2) is 105 Å². The molecule has 0 radical (unpaired) electrons. The number of hydrogen-bond donors (Lipinski definition) is 4. The number of ketones is 1. The molecule has 2 bridgehead atoms. The molecular weight excluding hydrogens is 851 g/mol. The summed E-state index contributed by atoms with van der Waals surface area (Å²) in [5.74, 6) is -6.87. The van der Waals surface area contributed by atoms with Crippen LogP contribution in [0.5, 0.6) is 0 Å². The van der Waals surface area contributed by atoms with Crippen LogP contribution in [0.15, 0.2) is 114 Å². The zero-order valence-corrected chi connectivity index (χ0v) is 37.4. The minimum absolute atomic E-state index is 0.00615. The topological polar surface area (TPSA) is 221 Å². The van der Waals surface area contributed by atoms with Crippen molar-refractivity contribution in [2.75, 3.05) is 6.61 Å². The molecule has 66 heavy (non-hydrogen) atoms. The molecule has 11 atom stereocenters. The zero-order valence-electron chi connectivity index (χ0n) is 37.4. The van der Waals surface area contributed by atoms with Crippen LogP contribution in [0.4, 0.5) is 0 Å². The van der Waals surface area contributed by atoms with E-state index in [-0.39, 0.29) is 35.3 Å². The van der Waals surface area contributed by atoms with E-state index in [1.165, 1.54) is 26.0 Å². The molecule has 1 unspecified atom stereocenters. The minimum Gasteiger partial charge on any atom is -0.456 e. The summed E-state index contributed by atoms with van der Waals surface area (Å²) in [5, 5.41) is 42.4. The van der Waals surface area contributed by atoms with E-state index in [9.17, 15) is 39.3 Å². The van der Waals surface area contributed by atoms with Crippen LogP contribution in [0, 0.1) is 16.7 Å². The van der Waals surface area contributed by atoms with Crippen molar-refractivity contribution in [1.29, 1.82) is 0 Å². The second-order valence-corrected chi connectivity index (χ2v) is 18.5. The number of esters is 4. The van der Waals surface area contributed by atoms with E-state index >= 15 is 4.79 Å². The summed E-state index contributed by atoms with van der Waals surface area (Å²) in [4.78, 5) is 84.3. The van der Waals surface area contributed by atoms with Gasteiger partial charge in [0.05, 0.1) is 35.6 Å². The van der Waals surface area contributed by atoms with Gasteiger partial charge in [-0.3, -0.25) is 19.2 Å². The lowest BCUT2D eigenvalue weighted by Crippen LogP contribution is -2.82. The number of nitrogens with one attached hydrogen (secondary N) is 1. The molecule has 3 aliphatic carbocycles. The normalized spacial score (nSPS) is 30.7. The molecule has 346 valence electrons. The third-order valence-electron chi connectivity index (χ3n) is 14.5. The summed E-state index contributed by atoms with van der Waals surface area (Å²) in [6, 6.07) is 27.3. The van der Waals surface area contributed by atoms with Gasteiger partial charge >= 0.3 is 23.9 Å². The highest BCUT2D eigenvalue weighted by molar-refractivity contribution is 5.96. The molecule has 1 aliphatic heterocycles. The van der Waals surface area contributed by atoms with Gasteiger partial charge < -0.3 is 44.3 Å². The Morgan fingerprint density at radius 2 is 1.42 bits per heavy atom. The number of aliphatic hydroxyl groups excluding tert-OH is 2. The summed E-state index contributed by atoms with van der Waals surface area (Å²) in [6.07, 6.45) is -10.6. The lowest BCUT2D eigenvalue weighted by Gasteiger charge is -2.67. The first-order valence-electron chi connectivity index (χ1n) is 21.9. The van der Waals surface area contributed by atoms with Gasteiger partial charge in [0, 0.05) is 37.7 Å². The first-order valence-corrected chi connectivity index (χ1v) is 21.9. The number of carbonyl (C=O) groups excluding carboxylic acids is 6. The van der Waals surface area contributed by atoms with Crippen LogP contribution in [0.2, 0.25) is 0 Å². The van der Waals surface area contributed by atoms with Gasteiger partial charge in [0.15, 0.2) is 23.6 Å². The van der Waals surface area contributed by atoms with Crippen LogP contribution in [0.1, 0.15) is 86.7 Å². The van der Waals surface area contributed by atoms with Crippen molar-refractivity contribution in [3.8, 4) is 0 Å². The molecule has 15 heteroatoms. The van der Waals surface area contributed by atoms with Crippen molar-refractivity contribution in [2.45, 2.75) is 108 Å². The maximum absolute atomic E-state index is 15.6. The summed E-state index contributed by atoms with van der Waals surface area (Å²) in [7, 11) is 0. The van der Waals surface area contributed by atoms with Gasteiger partial charge in [-0.2, -0.15) is 0 Å². The lowest BCUT2D eigenvalue weighted by molar-refractivity contribution is -0.346. The number of aliphatic hydroxyl groups is 3. The molecule has 1 amide bonds. The Balaban J connectivity index is 1.27. The Labute approximate surface area is 381 Å². The first-order chi connectivity index (χ1) is 31.2. The Kier molecular flexibility index (Phi) is 12.1. The van der Waals surface area contributed by atoms with Crippen molar-refractivity contribution in [3.63, 3.8) is 0 Å². The maximum Gasteiger partial charge on any atom is 0.338 e. The molecule has 0 spiro atoms. The Hall–Kier alpha value is -6.26. The van der Waals surface area contributed by atoms with Gasteiger partial charge in [-0.15, -0.1) is 0 Å². The van der Waals surface area contributed by atoms with Crippen molar-refractivity contribution in [1.82, 2.24) is 5.32 Å². The molecule has 4 aliphatic rings. The molecule has 4 aromatic rings. The smallest absolute Gasteiger partial charge is 0.338 e. The summed E-state index contributed by atoms with van der Waals surface area (Å²) in [5.41, 5.74) is -7.08. The SMILES string of the molecule is CC(=O)O[C@H]1C(=O)[C@@]2(C)C([C@H](OC(=O)c3ccccc3)[C@]3(O)C[C@H](OC(=O)[C@H](O)[C@@H](NC(=O)c4ccccc4)c4ccc5ccccc5c4)C(C)=C1C3(C)C)[C@]1(OC(C)=O)CO[C@@H]1C[C@@H]2O. The number of amides is 1. The Bertz CT molecular complexity index is 2630. The van der Waals surface area contributed by atoms with Crippen LogP contribution in [-0.2, 0) is 42.9 Å². The van der Waals surface area contributed by atoms with E-state index in [0.717, 1.165) is 24.6 Å². The first kappa shape index (κ1) is 46.3. The number of benzene rings is 4. The third kappa shape index (κ3) is 7.57. The number of hydrogen-bond acceptors (Lipinski definition) is 14. The maximum atomic E-state index is 15.6. The molecular formula is C51H53NO14. The Morgan fingerprint density at radius 3 is 2.03 bits per heavy atom. The standard InChI is InChI=1S/C51H53NO14/c1-27-35(64-47(60)40(56)39(52-45(58)31-16-9-7-10-17-31)34-22-21-30-15-13-14-20-33(30)23-34)25-51(61)44(65-46(59)32-18-11-8-12-19-32)42-49(6,36(55)24-37-50(42,26-62-37)66-29(3)54)43(57)41(63-28(2)53)38(27)48(51,4)5/h7-23,35-37,39-42,44,55-56,61H,24-26H2,1-6H3,(H,52,58)/t35-,36-,37+,39-,40+,41+,42?,44-,49+,50-,51+/m0/s1. The van der Waals surface area contributed by atoms with Crippen LogP contribution in [0.3, 0.4) is 0 Å².